The molecule has 1 amide bonds. The quantitative estimate of drug-likeness (QED) is 0.775. The van der Waals surface area contributed by atoms with Crippen molar-refractivity contribution in [1.82, 2.24) is 19.2 Å². The standard InChI is InChI=1S/C19H20N4O3/c1-13-16-7-4-9-21(16)11-12-22(13)17(24)8-10-23-19(26)15-6-3-2-5-14(15)18(25)20-23/h2-7,9,13H,8,10-12H2,1H3,(H,20,25). The Balaban J connectivity index is 1.54. The number of rotatable bonds is 3. The minimum Gasteiger partial charge on any atom is -0.348 e. The molecule has 1 aromatic carbocycles. The van der Waals surface area contributed by atoms with Crippen molar-refractivity contribution in [2.45, 2.75) is 32.5 Å². The maximum atomic E-state index is 12.7. The molecular weight excluding hydrogens is 332 g/mol. The van der Waals surface area contributed by atoms with Gasteiger partial charge in [0.15, 0.2) is 0 Å². The van der Waals surface area contributed by atoms with Gasteiger partial charge in [-0.1, -0.05) is 12.1 Å². The minimum atomic E-state index is -0.322. The molecule has 1 atom stereocenters. The van der Waals surface area contributed by atoms with Crippen LogP contribution in [0.3, 0.4) is 0 Å². The van der Waals surface area contributed by atoms with Crippen LogP contribution in [0.4, 0.5) is 0 Å². The Morgan fingerprint density at radius 2 is 1.88 bits per heavy atom. The molecule has 4 rings (SSSR count). The summed E-state index contributed by atoms with van der Waals surface area (Å²) >= 11 is 0. The summed E-state index contributed by atoms with van der Waals surface area (Å²) in [6, 6.07) is 10.7. The van der Waals surface area contributed by atoms with E-state index in [9.17, 15) is 14.4 Å². The molecule has 134 valence electrons. The highest BCUT2D eigenvalue weighted by molar-refractivity contribution is 5.80. The zero-order valence-electron chi connectivity index (χ0n) is 14.5. The van der Waals surface area contributed by atoms with E-state index in [1.54, 1.807) is 24.3 Å². The van der Waals surface area contributed by atoms with Gasteiger partial charge in [-0.25, -0.2) is 4.68 Å². The second-order valence-electron chi connectivity index (χ2n) is 6.58. The number of aromatic nitrogens is 3. The summed E-state index contributed by atoms with van der Waals surface area (Å²) in [6.07, 6.45) is 2.19. The lowest BCUT2D eigenvalue weighted by molar-refractivity contribution is -0.134. The molecule has 1 unspecified atom stereocenters. The van der Waals surface area contributed by atoms with Gasteiger partial charge in [-0.05, 0) is 31.2 Å². The van der Waals surface area contributed by atoms with E-state index in [4.69, 9.17) is 0 Å². The van der Waals surface area contributed by atoms with Crippen LogP contribution in [0.25, 0.3) is 10.8 Å². The second kappa shape index (κ2) is 6.33. The Morgan fingerprint density at radius 3 is 2.69 bits per heavy atom. The third-order valence-electron chi connectivity index (χ3n) is 5.10. The summed E-state index contributed by atoms with van der Waals surface area (Å²) < 4.78 is 3.39. The first-order valence-corrected chi connectivity index (χ1v) is 8.72. The number of nitrogens with zero attached hydrogens (tertiary/aromatic N) is 3. The van der Waals surface area contributed by atoms with Gasteiger partial charge in [0.1, 0.15) is 0 Å². The zero-order valence-corrected chi connectivity index (χ0v) is 14.5. The van der Waals surface area contributed by atoms with E-state index in [-0.39, 0.29) is 36.0 Å². The summed E-state index contributed by atoms with van der Waals surface area (Å²) in [4.78, 5) is 39.2. The van der Waals surface area contributed by atoms with Crippen LogP contribution in [0, 0.1) is 0 Å². The van der Waals surface area contributed by atoms with E-state index >= 15 is 0 Å². The monoisotopic (exact) mass is 352 g/mol. The smallest absolute Gasteiger partial charge is 0.273 e. The van der Waals surface area contributed by atoms with Crippen molar-refractivity contribution in [2.24, 2.45) is 0 Å². The highest BCUT2D eigenvalue weighted by Crippen LogP contribution is 2.25. The van der Waals surface area contributed by atoms with Gasteiger partial charge >= 0.3 is 0 Å². The van der Waals surface area contributed by atoms with E-state index in [1.165, 1.54) is 4.68 Å². The molecule has 7 heteroatoms. The van der Waals surface area contributed by atoms with Gasteiger partial charge in [-0.15, -0.1) is 0 Å². The van der Waals surface area contributed by atoms with Crippen LogP contribution in [-0.4, -0.2) is 31.7 Å². The molecule has 3 aromatic rings. The number of fused-ring (bicyclic) bond motifs is 2. The van der Waals surface area contributed by atoms with Crippen molar-refractivity contribution >= 4 is 16.7 Å². The molecule has 3 heterocycles. The number of carbonyl (C=O) groups is 1. The van der Waals surface area contributed by atoms with Gasteiger partial charge in [-0.2, -0.15) is 0 Å². The van der Waals surface area contributed by atoms with E-state index in [2.05, 4.69) is 9.67 Å². The molecule has 1 aliphatic rings. The third kappa shape index (κ3) is 2.65. The summed E-state index contributed by atoms with van der Waals surface area (Å²) in [5.74, 6) is -0.0224. The Labute approximate surface area is 149 Å². The van der Waals surface area contributed by atoms with Gasteiger partial charge in [0.05, 0.1) is 23.4 Å². The van der Waals surface area contributed by atoms with Gasteiger partial charge in [0.2, 0.25) is 5.91 Å². The van der Waals surface area contributed by atoms with Crippen LogP contribution in [0.1, 0.15) is 25.1 Å². The number of aromatic amines is 1. The van der Waals surface area contributed by atoms with Crippen molar-refractivity contribution < 1.29 is 4.79 Å². The normalized spacial score (nSPS) is 16.7. The number of aryl methyl sites for hydroxylation is 1. The average Bonchev–Trinajstić information content (AvgIpc) is 3.13. The number of amides is 1. The number of benzene rings is 1. The van der Waals surface area contributed by atoms with Crippen LogP contribution in [0.5, 0.6) is 0 Å². The molecule has 26 heavy (non-hydrogen) atoms. The minimum absolute atomic E-state index is 0.00127. The van der Waals surface area contributed by atoms with Crippen molar-refractivity contribution in [3.8, 4) is 0 Å². The van der Waals surface area contributed by atoms with Crippen molar-refractivity contribution in [3.63, 3.8) is 0 Å². The number of H-pyrrole nitrogens is 1. The SMILES string of the molecule is CC1c2cccn2CCN1C(=O)CCn1[nH]c(=O)c2ccccc2c1=O. The first kappa shape index (κ1) is 16.4. The molecule has 0 spiro atoms. The summed E-state index contributed by atoms with van der Waals surface area (Å²) in [5, 5.41) is 3.31. The lowest BCUT2D eigenvalue weighted by Gasteiger charge is -2.35. The number of hydrogen-bond donors (Lipinski definition) is 1. The summed E-state index contributed by atoms with van der Waals surface area (Å²) in [6.45, 7) is 3.57. The predicted molar refractivity (Wildman–Crippen MR) is 98.0 cm³/mol. The van der Waals surface area contributed by atoms with Gasteiger partial charge in [-0.3, -0.25) is 19.5 Å². The number of nitrogens with one attached hydrogen (secondary N) is 1. The van der Waals surface area contributed by atoms with Crippen molar-refractivity contribution in [1.29, 1.82) is 0 Å². The summed E-state index contributed by atoms with van der Waals surface area (Å²) in [7, 11) is 0. The Hall–Kier alpha value is -3.09. The van der Waals surface area contributed by atoms with Gasteiger partial charge in [0, 0.05) is 31.4 Å². The Kier molecular flexibility index (Phi) is 3.99. The molecule has 0 aliphatic carbocycles. The molecule has 0 fully saturated rings. The molecule has 0 radical (unpaired) electrons. The fourth-order valence-corrected chi connectivity index (χ4v) is 3.67. The van der Waals surface area contributed by atoms with E-state index < -0.39 is 0 Å². The number of carbonyl (C=O) groups excluding carboxylic acids is 1. The molecule has 1 aliphatic heterocycles. The first-order chi connectivity index (χ1) is 12.6. The lowest BCUT2D eigenvalue weighted by atomic mass is 10.1. The second-order valence-corrected chi connectivity index (χ2v) is 6.58. The predicted octanol–water partition coefficient (Wildman–Crippen LogP) is 1.48. The first-order valence-electron chi connectivity index (χ1n) is 8.72. The largest absolute Gasteiger partial charge is 0.348 e. The van der Waals surface area contributed by atoms with E-state index in [1.807, 2.05) is 30.2 Å². The molecule has 1 N–H and O–H groups in total. The molecule has 7 nitrogen and oxygen atoms in total. The molecule has 0 saturated heterocycles. The topological polar surface area (TPSA) is 80.1 Å². The summed E-state index contributed by atoms with van der Waals surface area (Å²) in [5.41, 5.74) is 0.506. The van der Waals surface area contributed by atoms with E-state index in [0.717, 1.165) is 12.2 Å². The molecule has 0 saturated carbocycles. The Bertz CT molecular complexity index is 1090. The highest BCUT2D eigenvalue weighted by Gasteiger charge is 2.27. The van der Waals surface area contributed by atoms with Gasteiger partial charge in [0.25, 0.3) is 11.1 Å². The molecular formula is C19H20N4O3. The average molecular weight is 352 g/mol. The molecule has 0 bridgehead atoms. The van der Waals surface area contributed by atoms with Gasteiger partial charge < -0.3 is 9.47 Å². The van der Waals surface area contributed by atoms with Crippen LogP contribution in [0.2, 0.25) is 0 Å². The van der Waals surface area contributed by atoms with E-state index in [0.29, 0.717) is 17.3 Å². The third-order valence-corrected chi connectivity index (χ3v) is 5.10. The lowest BCUT2D eigenvalue weighted by Crippen LogP contribution is -2.41. The fourth-order valence-electron chi connectivity index (χ4n) is 3.67. The maximum absolute atomic E-state index is 12.7. The van der Waals surface area contributed by atoms with Crippen LogP contribution < -0.4 is 11.1 Å². The Morgan fingerprint density at radius 1 is 1.12 bits per heavy atom. The van der Waals surface area contributed by atoms with Crippen LogP contribution in [0.15, 0.2) is 52.2 Å². The number of hydrogen-bond acceptors (Lipinski definition) is 3. The highest BCUT2D eigenvalue weighted by atomic mass is 16.2. The fraction of sp³-hybridized carbons (Fsp3) is 0.316. The van der Waals surface area contributed by atoms with Crippen molar-refractivity contribution in [3.05, 3.63) is 69.0 Å². The molecule has 2 aromatic heterocycles. The zero-order chi connectivity index (χ0) is 18.3. The van der Waals surface area contributed by atoms with Crippen LogP contribution in [-0.2, 0) is 17.9 Å². The van der Waals surface area contributed by atoms with Crippen LogP contribution >= 0.6 is 0 Å². The maximum Gasteiger partial charge on any atom is 0.273 e. The van der Waals surface area contributed by atoms with Crippen molar-refractivity contribution in [2.75, 3.05) is 6.54 Å².